The summed E-state index contributed by atoms with van der Waals surface area (Å²) in [5.74, 6) is 0.00212. The molecule has 1 unspecified atom stereocenters. The molecule has 2 aromatic rings. The first-order valence-corrected chi connectivity index (χ1v) is 14.8. The van der Waals surface area contributed by atoms with Crippen LogP contribution in [0, 0.1) is 0 Å². The van der Waals surface area contributed by atoms with Crippen LogP contribution in [-0.4, -0.2) is 57.1 Å². The van der Waals surface area contributed by atoms with Gasteiger partial charge in [0.15, 0.2) is 0 Å². The fraction of sp³-hybridized carbons (Fsp3) is 0.481. The van der Waals surface area contributed by atoms with Crippen LogP contribution in [0.3, 0.4) is 0 Å². The van der Waals surface area contributed by atoms with E-state index in [1.807, 2.05) is 26.0 Å². The highest BCUT2D eigenvalue weighted by atomic mass is 35.5. The number of sulfonamides is 1. The second-order valence-electron chi connectivity index (χ2n) is 8.81. The van der Waals surface area contributed by atoms with Crippen LogP contribution in [0.15, 0.2) is 48.5 Å². The van der Waals surface area contributed by atoms with Gasteiger partial charge in [0.05, 0.1) is 18.6 Å². The smallest absolute Gasteiger partial charge is 0.242 e. The van der Waals surface area contributed by atoms with E-state index in [0.717, 1.165) is 24.7 Å². The number of anilines is 1. The molecule has 8 nitrogen and oxygen atoms in total. The van der Waals surface area contributed by atoms with Crippen molar-refractivity contribution in [2.45, 2.75) is 59.0 Å². The highest BCUT2D eigenvalue weighted by Crippen LogP contribution is 2.30. The van der Waals surface area contributed by atoms with Gasteiger partial charge in [-0.1, -0.05) is 49.2 Å². The number of benzene rings is 2. The average molecular weight is 552 g/mol. The third kappa shape index (κ3) is 9.55. The number of halogens is 1. The molecule has 0 aliphatic rings. The lowest BCUT2D eigenvalue weighted by Gasteiger charge is -2.29. The summed E-state index contributed by atoms with van der Waals surface area (Å²) in [6.45, 7) is 6.85. The van der Waals surface area contributed by atoms with Gasteiger partial charge in [0.1, 0.15) is 11.8 Å². The van der Waals surface area contributed by atoms with E-state index in [-0.39, 0.29) is 37.7 Å². The molecule has 1 N–H and O–H groups in total. The molecule has 0 fully saturated rings. The molecule has 1 atom stereocenters. The number of rotatable bonds is 15. The lowest BCUT2D eigenvalue weighted by Crippen LogP contribution is -2.48. The van der Waals surface area contributed by atoms with Gasteiger partial charge in [-0.2, -0.15) is 0 Å². The van der Waals surface area contributed by atoms with E-state index in [0.29, 0.717) is 29.6 Å². The van der Waals surface area contributed by atoms with Gasteiger partial charge in [0.2, 0.25) is 21.8 Å². The highest BCUT2D eigenvalue weighted by Gasteiger charge is 2.27. The van der Waals surface area contributed by atoms with E-state index in [4.69, 9.17) is 16.3 Å². The van der Waals surface area contributed by atoms with Crippen LogP contribution in [-0.2, 0) is 26.2 Å². The largest absolute Gasteiger partial charge is 0.492 e. The number of hydrogen-bond donors (Lipinski definition) is 1. The average Bonchev–Trinajstić information content (AvgIpc) is 2.86. The third-order valence-electron chi connectivity index (χ3n) is 5.85. The van der Waals surface area contributed by atoms with Crippen LogP contribution >= 0.6 is 11.6 Å². The molecule has 0 saturated carbocycles. The molecule has 2 aromatic carbocycles. The van der Waals surface area contributed by atoms with E-state index >= 15 is 0 Å². The Hall–Kier alpha value is -2.78. The quantitative estimate of drug-likeness (QED) is 0.326. The monoisotopic (exact) mass is 551 g/mol. The number of unbranched alkanes of at least 4 members (excludes halogenated alkanes) is 1. The number of nitrogens with one attached hydrogen (secondary N) is 1. The van der Waals surface area contributed by atoms with Crippen LogP contribution in [0.4, 0.5) is 5.69 Å². The number of hydrogen-bond acceptors (Lipinski definition) is 5. The summed E-state index contributed by atoms with van der Waals surface area (Å²) in [7, 11) is -3.62. The Morgan fingerprint density at radius 3 is 2.35 bits per heavy atom. The number of carbonyl (C=O) groups excluding carboxylic acids is 2. The highest BCUT2D eigenvalue weighted by molar-refractivity contribution is 7.92. The minimum absolute atomic E-state index is 0.0724. The van der Waals surface area contributed by atoms with E-state index < -0.39 is 16.1 Å². The number of carbonyl (C=O) groups is 2. The summed E-state index contributed by atoms with van der Waals surface area (Å²) in [5, 5.41) is 3.48. The maximum absolute atomic E-state index is 13.4. The van der Waals surface area contributed by atoms with Crippen LogP contribution in [0.5, 0.6) is 5.75 Å². The fourth-order valence-electron chi connectivity index (χ4n) is 3.83. The fourth-order valence-corrected chi connectivity index (χ4v) is 4.92. The van der Waals surface area contributed by atoms with Crippen molar-refractivity contribution >= 4 is 39.1 Å². The molecule has 0 aliphatic carbocycles. The molecule has 2 rings (SSSR count). The van der Waals surface area contributed by atoms with Crippen LogP contribution in [0.2, 0.25) is 5.02 Å². The van der Waals surface area contributed by atoms with Gasteiger partial charge in [-0.15, -0.1) is 0 Å². The first-order valence-electron chi connectivity index (χ1n) is 12.6. The van der Waals surface area contributed by atoms with Gasteiger partial charge >= 0.3 is 0 Å². The first-order chi connectivity index (χ1) is 17.6. The number of nitrogens with zero attached hydrogens (tertiary/aromatic N) is 2. The van der Waals surface area contributed by atoms with Crippen molar-refractivity contribution < 1.29 is 22.7 Å². The van der Waals surface area contributed by atoms with Crippen molar-refractivity contribution in [1.82, 2.24) is 10.2 Å². The van der Waals surface area contributed by atoms with Gasteiger partial charge in [-0.05, 0) is 56.5 Å². The lowest BCUT2D eigenvalue weighted by atomic mass is 10.1. The van der Waals surface area contributed by atoms with Crippen LogP contribution in [0.1, 0.15) is 52.0 Å². The van der Waals surface area contributed by atoms with Gasteiger partial charge in [-0.25, -0.2) is 8.42 Å². The second-order valence-corrected chi connectivity index (χ2v) is 11.2. The lowest BCUT2D eigenvalue weighted by molar-refractivity contribution is -0.140. The summed E-state index contributed by atoms with van der Waals surface area (Å²) in [5.41, 5.74) is 1.27. The van der Waals surface area contributed by atoms with Crippen molar-refractivity contribution in [3.8, 4) is 5.75 Å². The van der Waals surface area contributed by atoms with Gasteiger partial charge in [0, 0.05) is 31.1 Å². The van der Waals surface area contributed by atoms with E-state index in [9.17, 15) is 18.0 Å². The molecule has 37 heavy (non-hydrogen) atoms. The Labute approximate surface area is 226 Å². The molecular formula is C27H38ClN3O5S. The Balaban J connectivity index is 2.17. The summed E-state index contributed by atoms with van der Waals surface area (Å²) in [6.07, 6.45) is 3.28. The van der Waals surface area contributed by atoms with E-state index in [2.05, 4.69) is 5.32 Å². The van der Waals surface area contributed by atoms with Crippen molar-refractivity contribution in [2.24, 2.45) is 0 Å². The molecular weight excluding hydrogens is 514 g/mol. The zero-order chi connectivity index (χ0) is 27.4. The minimum Gasteiger partial charge on any atom is -0.492 e. The molecule has 204 valence electrons. The van der Waals surface area contributed by atoms with Gasteiger partial charge in [0.25, 0.3) is 0 Å². The summed E-state index contributed by atoms with van der Waals surface area (Å²) >= 11 is 6.00. The van der Waals surface area contributed by atoms with Crippen molar-refractivity contribution in [1.29, 1.82) is 0 Å². The second kappa shape index (κ2) is 14.8. The zero-order valence-electron chi connectivity index (χ0n) is 22.1. The SMILES string of the molecule is CCCCNC(=O)C(C)N(Cc1ccc(Cl)cc1)C(=O)CCCN(c1ccccc1OCC)S(C)(=O)=O. The topological polar surface area (TPSA) is 96.0 Å². The molecule has 0 heterocycles. The molecule has 0 aromatic heterocycles. The van der Waals surface area contributed by atoms with E-state index in [1.54, 1.807) is 43.3 Å². The number of para-hydroxylation sites is 2. The first kappa shape index (κ1) is 30.4. The number of amides is 2. The molecule has 0 saturated heterocycles. The summed E-state index contributed by atoms with van der Waals surface area (Å²) in [6, 6.07) is 13.4. The molecule has 0 bridgehead atoms. The Kier molecular flexibility index (Phi) is 12.2. The van der Waals surface area contributed by atoms with Crippen molar-refractivity contribution in [2.75, 3.05) is 30.3 Å². The standard InChI is InChI=1S/C27H38ClN3O5S/c1-5-7-18-29-27(33)21(3)30(20-22-14-16-23(28)17-15-22)26(32)13-10-19-31(37(4,34)35)24-11-8-9-12-25(24)36-6-2/h8-9,11-12,14-17,21H,5-7,10,13,18-20H2,1-4H3,(H,29,33). The molecule has 2 amide bonds. The molecule has 0 radical (unpaired) electrons. The predicted molar refractivity (Wildman–Crippen MR) is 148 cm³/mol. The van der Waals surface area contributed by atoms with Crippen LogP contribution < -0.4 is 14.4 Å². The normalized spacial score (nSPS) is 12.0. The molecule has 0 spiro atoms. The summed E-state index contributed by atoms with van der Waals surface area (Å²) in [4.78, 5) is 27.7. The third-order valence-corrected chi connectivity index (χ3v) is 7.28. The maximum atomic E-state index is 13.4. The minimum atomic E-state index is -3.62. The van der Waals surface area contributed by atoms with Crippen LogP contribution in [0.25, 0.3) is 0 Å². The number of ether oxygens (including phenoxy) is 1. The molecule has 10 heteroatoms. The Morgan fingerprint density at radius 1 is 1.05 bits per heavy atom. The summed E-state index contributed by atoms with van der Waals surface area (Å²) < 4.78 is 32.1. The maximum Gasteiger partial charge on any atom is 0.242 e. The van der Waals surface area contributed by atoms with Gasteiger partial charge < -0.3 is 15.0 Å². The molecule has 0 aliphatic heterocycles. The van der Waals surface area contributed by atoms with Crippen molar-refractivity contribution in [3.05, 3.63) is 59.1 Å². The predicted octanol–water partition coefficient (Wildman–Crippen LogP) is 4.62. The van der Waals surface area contributed by atoms with Crippen molar-refractivity contribution in [3.63, 3.8) is 0 Å². The zero-order valence-corrected chi connectivity index (χ0v) is 23.6. The Morgan fingerprint density at radius 2 is 1.73 bits per heavy atom. The van der Waals surface area contributed by atoms with Gasteiger partial charge in [-0.3, -0.25) is 13.9 Å². The van der Waals surface area contributed by atoms with E-state index in [1.165, 1.54) is 9.21 Å². The Bertz CT molecular complexity index is 1130.